The molecule has 154 valence electrons. The van der Waals surface area contributed by atoms with Gasteiger partial charge in [0.2, 0.25) is 0 Å². The summed E-state index contributed by atoms with van der Waals surface area (Å²) in [5.41, 5.74) is 2.77. The number of benzene rings is 3. The maximum Gasteiger partial charge on any atom is 0.338 e. The van der Waals surface area contributed by atoms with Crippen LogP contribution in [0, 0.1) is 0 Å². The molecule has 0 aliphatic rings. The number of ether oxygens (including phenoxy) is 2. The minimum absolute atomic E-state index is 0.176. The third-order valence-electron chi connectivity index (χ3n) is 4.82. The average molecular weight is 403 g/mol. The van der Waals surface area contributed by atoms with E-state index in [-0.39, 0.29) is 18.4 Å². The lowest BCUT2D eigenvalue weighted by Crippen LogP contribution is -2.30. The van der Waals surface area contributed by atoms with E-state index in [1.807, 2.05) is 36.4 Å². The van der Waals surface area contributed by atoms with Gasteiger partial charge in [0.05, 0.1) is 12.7 Å². The Balaban J connectivity index is 1.50. The molecule has 3 aromatic rings. The van der Waals surface area contributed by atoms with Crippen molar-refractivity contribution in [2.24, 2.45) is 0 Å². The summed E-state index contributed by atoms with van der Waals surface area (Å²) >= 11 is 0. The molecule has 5 heteroatoms. The molecule has 0 atom stereocenters. The molecular formula is C25H25NO4. The number of esters is 1. The molecule has 0 aromatic heterocycles. The quantitative estimate of drug-likeness (QED) is 0.544. The van der Waals surface area contributed by atoms with Gasteiger partial charge in [-0.25, -0.2) is 4.79 Å². The molecule has 1 N–H and O–H groups in total. The summed E-state index contributed by atoms with van der Waals surface area (Å²) in [5.74, 6) is -0.0405. The lowest BCUT2D eigenvalue weighted by molar-refractivity contribution is -0.124. The van der Waals surface area contributed by atoms with Crippen molar-refractivity contribution in [3.8, 4) is 5.75 Å². The van der Waals surface area contributed by atoms with E-state index in [2.05, 4.69) is 29.6 Å². The lowest BCUT2D eigenvalue weighted by atomic mass is 9.88. The average Bonchev–Trinajstić information content (AvgIpc) is 2.81. The second-order valence-corrected chi connectivity index (χ2v) is 6.82. The van der Waals surface area contributed by atoms with Crippen LogP contribution >= 0.6 is 0 Å². The monoisotopic (exact) mass is 403 g/mol. The summed E-state index contributed by atoms with van der Waals surface area (Å²) in [4.78, 5) is 24.2. The van der Waals surface area contributed by atoms with E-state index in [0.29, 0.717) is 17.9 Å². The van der Waals surface area contributed by atoms with Crippen molar-refractivity contribution in [2.75, 3.05) is 20.3 Å². The van der Waals surface area contributed by atoms with Crippen molar-refractivity contribution in [3.63, 3.8) is 0 Å². The standard InChI is InChI=1S/C25H25NO4/c1-29-22-14-12-21(13-15-22)25(28)30-18-24(27)26-17-16-23(19-8-4-2-5-9-19)20-10-6-3-7-11-20/h2-15,23H,16-18H2,1H3,(H,26,27). The number of amides is 1. The van der Waals surface area contributed by atoms with Crippen LogP contribution in [0.3, 0.4) is 0 Å². The fraction of sp³-hybridized carbons (Fsp3) is 0.200. The fourth-order valence-electron chi connectivity index (χ4n) is 3.24. The van der Waals surface area contributed by atoms with E-state index in [1.54, 1.807) is 31.4 Å². The van der Waals surface area contributed by atoms with Crippen LogP contribution in [0.15, 0.2) is 84.9 Å². The third kappa shape index (κ3) is 5.95. The van der Waals surface area contributed by atoms with Gasteiger partial charge in [0.25, 0.3) is 5.91 Å². The first-order valence-corrected chi connectivity index (χ1v) is 9.85. The first-order valence-electron chi connectivity index (χ1n) is 9.85. The molecule has 0 bridgehead atoms. The molecule has 1 amide bonds. The lowest BCUT2D eigenvalue weighted by Gasteiger charge is -2.18. The zero-order valence-electron chi connectivity index (χ0n) is 16.9. The maximum atomic E-state index is 12.1. The van der Waals surface area contributed by atoms with E-state index < -0.39 is 5.97 Å². The normalized spacial score (nSPS) is 10.5. The van der Waals surface area contributed by atoms with Crippen molar-refractivity contribution in [1.29, 1.82) is 0 Å². The number of hydrogen-bond acceptors (Lipinski definition) is 4. The Morgan fingerprint density at radius 2 is 1.40 bits per heavy atom. The first kappa shape index (κ1) is 21.1. The summed E-state index contributed by atoms with van der Waals surface area (Å²) in [6.45, 7) is 0.166. The second-order valence-electron chi connectivity index (χ2n) is 6.82. The third-order valence-corrected chi connectivity index (χ3v) is 4.82. The highest BCUT2D eigenvalue weighted by Gasteiger charge is 2.15. The molecule has 0 unspecified atom stereocenters. The Bertz CT molecular complexity index is 900. The first-order chi connectivity index (χ1) is 14.7. The van der Waals surface area contributed by atoms with Gasteiger partial charge in [-0.2, -0.15) is 0 Å². The SMILES string of the molecule is COc1ccc(C(=O)OCC(=O)NCCC(c2ccccc2)c2ccccc2)cc1. The predicted octanol–water partition coefficient (Wildman–Crippen LogP) is 4.19. The Hall–Kier alpha value is -3.60. The van der Waals surface area contributed by atoms with Crippen LogP contribution in [-0.2, 0) is 9.53 Å². The van der Waals surface area contributed by atoms with E-state index >= 15 is 0 Å². The highest BCUT2D eigenvalue weighted by Crippen LogP contribution is 2.27. The summed E-state index contributed by atoms with van der Waals surface area (Å²) in [6.07, 6.45) is 0.742. The van der Waals surface area contributed by atoms with Crippen LogP contribution in [0.2, 0.25) is 0 Å². The van der Waals surface area contributed by atoms with Crippen LogP contribution < -0.4 is 10.1 Å². The van der Waals surface area contributed by atoms with Gasteiger partial charge in [0, 0.05) is 12.5 Å². The molecule has 0 heterocycles. The van der Waals surface area contributed by atoms with Crippen molar-refractivity contribution in [2.45, 2.75) is 12.3 Å². The summed E-state index contributed by atoms with van der Waals surface area (Å²) in [6, 6.07) is 27.0. The van der Waals surface area contributed by atoms with Crippen molar-refractivity contribution in [3.05, 3.63) is 102 Å². The zero-order valence-corrected chi connectivity index (χ0v) is 16.9. The fourth-order valence-corrected chi connectivity index (χ4v) is 3.24. The molecule has 0 saturated heterocycles. The molecule has 0 spiro atoms. The van der Waals surface area contributed by atoms with Crippen molar-refractivity contribution in [1.82, 2.24) is 5.32 Å². The van der Waals surface area contributed by atoms with E-state index in [1.165, 1.54) is 11.1 Å². The van der Waals surface area contributed by atoms with Gasteiger partial charge in [0.15, 0.2) is 6.61 Å². The van der Waals surface area contributed by atoms with Crippen LogP contribution in [0.4, 0.5) is 0 Å². The van der Waals surface area contributed by atoms with Gasteiger partial charge < -0.3 is 14.8 Å². The van der Waals surface area contributed by atoms with E-state index in [9.17, 15) is 9.59 Å². The molecule has 30 heavy (non-hydrogen) atoms. The Morgan fingerprint density at radius 3 is 1.93 bits per heavy atom. The Labute approximate surface area is 176 Å². The van der Waals surface area contributed by atoms with Crippen LogP contribution in [0.5, 0.6) is 5.75 Å². The van der Waals surface area contributed by atoms with Gasteiger partial charge >= 0.3 is 5.97 Å². The molecule has 3 aromatic carbocycles. The zero-order chi connectivity index (χ0) is 21.2. The number of hydrogen-bond donors (Lipinski definition) is 1. The largest absolute Gasteiger partial charge is 0.497 e. The number of nitrogens with one attached hydrogen (secondary N) is 1. The maximum absolute atomic E-state index is 12.1. The Morgan fingerprint density at radius 1 is 0.833 bits per heavy atom. The number of carbonyl (C=O) groups is 2. The highest BCUT2D eigenvalue weighted by atomic mass is 16.5. The minimum Gasteiger partial charge on any atom is -0.497 e. The summed E-state index contributed by atoms with van der Waals surface area (Å²) in [7, 11) is 1.55. The minimum atomic E-state index is -0.542. The molecule has 5 nitrogen and oxygen atoms in total. The van der Waals surface area contributed by atoms with Crippen LogP contribution in [-0.4, -0.2) is 32.1 Å². The molecule has 0 aliphatic heterocycles. The molecular weight excluding hydrogens is 378 g/mol. The highest BCUT2D eigenvalue weighted by molar-refractivity contribution is 5.91. The topological polar surface area (TPSA) is 64.6 Å². The number of carbonyl (C=O) groups excluding carboxylic acids is 2. The van der Waals surface area contributed by atoms with E-state index in [0.717, 1.165) is 6.42 Å². The van der Waals surface area contributed by atoms with Gasteiger partial charge in [-0.3, -0.25) is 4.79 Å². The van der Waals surface area contributed by atoms with Crippen LogP contribution in [0.25, 0.3) is 0 Å². The van der Waals surface area contributed by atoms with Gasteiger partial charge in [-0.05, 0) is 41.8 Å². The molecule has 0 radical (unpaired) electrons. The molecule has 0 saturated carbocycles. The van der Waals surface area contributed by atoms with Gasteiger partial charge in [-0.15, -0.1) is 0 Å². The number of rotatable bonds is 9. The Kier molecular flexibility index (Phi) is 7.61. The smallest absolute Gasteiger partial charge is 0.338 e. The number of methoxy groups -OCH3 is 1. The van der Waals surface area contributed by atoms with Gasteiger partial charge in [0.1, 0.15) is 5.75 Å². The molecule has 3 rings (SSSR count). The molecule has 0 fully saturated rings. The van der Waals surface area contributed by atoms with Gasteiger partial charge in [-0.1, -0.05) is 60.7 Å². The molecule has 0 aliphatic carbocycles. The summed E-state index contributed by atoms with van der Waals surface area (Å²) < 4.78 is 10.2. The second kappa shape index (κ2) is 10.8. The van der Waals surface area contributed by atoms with Crippen molar-refractivity contribution < 1.29 is 19.1 Å². The predicted molar refractivity (Wildman–Crippen MR) is 116 cm³/mol. The van der Waals surface area contributed by atoms with E-state index in [4.69, 9.17) is 9.47 Å². The summed E-state index contributed by atoms with van der Waals surface area (Å²) in [5, 5.41) is 2.84. The van der Waals surface area contributed by atoms with Crippen molar-refractivity contribution >= 4 is 11.9 Å². The van der Waals surface area contributed by atoms with Crippen LogP contribution in [0.1, 0.15) is 33.8 Å².